The SMILES string of the molecule is COc1c(OCC(O)CN2CCCC2)cc2nc(F)nc(Cl)c2c1Nc1ccccc1O. The molecule has 1 atom stereocenters. The van der Waals surface area contributed by atoms with Crippen molar-refractivity contribution in [1.29, 1.82) is 0 Å². The predicted octanol–water partition coefficient (Wildman–Crippen LogP) is 3.72. The number of likely N-dealkylation sites (tertiary alicyclic amines) is 1. The lowest BCUT2D eigenvalue weighted by molar-refractivity contribution is 0.0748. The van der Waals surface area contributed by atoms with Crippen molar-refractivity contribution in [3.05, 3.63) is 41.6 Å². The molecule has 0 bridgehead atoms. The summed E-state index contributed by atoms with van der Waals surface area (Å²) in [5.74, 6) is 0.494. The predicted molar refractivity (Wildman–Crippen MR) is 120 cm³/mol. The van der Waals surface area contributed by atoms with E-state index in [1.54, 1.807) is 18.2 Å². The number of hydrogen-bond donors (Lipinski definition) is 3. The van der Waals surface area contributed by atoms with Crippen LogP contribution in [0.4, 0.5) is 15.8 Å². The van der Waals surface area contributed by atoms with E-state index in [0.29, 0.717) is 23.3 Å². The third-order valence-corrected chi connectivity index (χ3v) is 5.57. The van der Waals surface area contributed by atoms with Crippen molar-refractivity contribution in [1.82, 2.24) is 14.9 Å². The van der Waals surface area contributed by atoms with E-state index in [2.05, 4.69) is 20.2 Å². The Morgan fingerprint density at radius 2 is 2.00 bits per heavy atom. The van der Waals surface area contributed by atoms with Crippen LogP contribution in [0.25, 0.3) is 10.9 Å². The van der Waals surface area contributed by atoms with Crippen LogP contribution in [0.3, 0.4) is 0 Å². The van der Waals surface area contributed by atoms with Crippen LogP contribution in [-0.4, -0.2) is 64.5 Å². The molecule has 0 spiro atoms. The molecule has 1 aliphatic rings. The van der Waals surface area contributed by atoms with E-state index in [4.69, 9.17) is 21.1 Å². The molecule has 1 aliphatic heterocycles. The Morgan fingerprint density at radius 3 is 2.72 bits per heavy atom. The van der Waals surface area contributed by atoms with Crippen molar-refractivity contribution >= 4 is 33.9 Å². The van der Waals surface area contributed by atoms with Gasteiger partial charge in [0.1, 0.15) is 23.6 Å². The van der Waals surface area contributed by atoms with Gasteiger partial charge in [0.25, 0.3) is 0 Å². The highest BCUT2D eigenvalue weighted by molar-refractivity contribution is 6.35. The Balaban J connectivity index is 1.71. The van der Waals surface area contributed by atoms with E-state index >= 15 is 0 Å². The van der Waals surface area contributed by atoms with Crippen molar-refractivity contribution < 1.29 is 24.1 Å². The maximum atomic E-state index is 13.9. The molecule has 0 amide bonds. The smallest absolute Gasteiger partial charge is 0.310 e. The lowest BCUT2D eigenvalue weighted by Crippen LogP contribution is -2.33. The topological polar surface area (TPSA) is 100.0 Å². The number of fused-ring (bicyclic) bond motifs is 1. The summed E-state index contributed by atoms with van der Waals surface area (Å²) in [6.07, 6.45) is 0.550. The number of ether oxygens (including phenoxy) is 2. The number of aromatic nitrogens is 2. The molecule has 0 radical (unpaired) electrons. The number of benzene rings is 2. The van der Waals surface area contributed by atoms with Gasteiger partial charge in [-0.05, 0) is 38.1 Å². The molecule has 1 fully saturated rings. The summed E-state index contributed by atoms with van der Waals surface area (Å²) in [4.78, 5) is 9.62. The van der Waals surface area contributed by atoms with Crippen LogP contribution in [0.5, 0.6) is 17.2 Å². The third kappa shape index (κ3) is 4.79. The molecule has 3 aromatic rings. The molecule has 0 saturated carbocycles. The first-order valence-electron chi connectivity index (χ1n) is 10.3. The molecule has 0 aliphatic carbocycles. The first-order valence-corrected chi connectivity index (χ1v) is 10.7. The largest absolute Gasteiger partial charge is 0.506 e. The summed E-state index contributed by atoms with van der Waals surface area (Å²) < 4.78 is 25.3. The molecule has 2 heterocycles. The number of nitrogens with zero attached hydrogens (tertiary/aromatic N) is 3. The first-order chi connectivity index (χ1) is 15.5. The number of rotatable bonds is 8. The van der Waals surface area contributed by atoms with Crippen molar-refractivity contribution in [2.75, 3.05) is 38.7 Å². The Hall–Kier alpha value is -2.88. The molecule has 3 N–H and O–H groups in total. The van der Waals surface area contributed by atoms with Gasteiger partial charge < -0.3 is 29.9 Å². The molecule has 8 nitrogen and oxygen atoms in total. The highest BCUT2D eigenvalue weighted by Crippen LogP contribution is 2.45. The number of para-hydroxylation sites is 2. The Labute approximate surface area is 189 Å². The van der Waals surface area contributed by atoms with Gasteiger partial charge in [0, 0.05) is 12.6 Å². The molecule has 10 heteroatoms. The number of methoxy groups -OCH3 is 1. The highest BCUT2D eigenvalue weighted by atomic mass is 35.5. The second-order valence-corrected chi connectivity index (χ2v) is 7.93. The zero-order valence-electron chi connectivity index (χ0n) is 17.5. The maximum absolute atomic E-state index is 13.9. The van der Waals surface area contributed by atoms with E-state index in [0.717, 1.165) is 25.9 Å². The lowest BCUT2D eigenvalue weighted by Gasteiger charge is -2.22. The number of phenols is 1. The minimum absolute atomic E-state index is 0.00536. The van der Waals surface area contributed by atoms with E-state index in [-0.39, 0.29) is 34.5 Å². The van der Waals surface area contributed by atoms with E-state index in [9.17, 15) is 14.6 Å². The van der Waals surface area contributed by atoms with Crippen LogP contribution in [0.15, 0.2) is 30.3 Å². The molecule has 2 aromatic carbocycles. The fourth-order valence-electron chi connectivity index (χ4n) is 3.83. The quantitative estimate of drug-likeness (QED) is 0.264. The molecule has 170 valence electrons. The molecule has 4 rings (SSSR count). The number of anilines is 2. The van der Waals surface area contributed by atoms with Crippen LogP contribution in [-0.2, 0) is 0 Å². The van der Waals surface area contributed by atoms with Crippen LogP contribution in [0.1, 0.15) is 12.8 Å². The number of hydrogen-bond acceptors (Lipinski definition) is 8. The molecule has 1 aromatic heterocycles. The minimum Gasteiger partial charge on any atom is -0.506 e. The minimum atomic E-state index is -0.985. The number of phenolic OH excluding ortho intramolecular Hbond substituents is 1. The third-order valence-electron chi connectivity index (χ3n) is 5.30. The molecule has 1 saturated heterocycles. The second kappa shape index (κ2) is 9.72. The number of halogens is 2. The summed E-state index contributed by atoms with van der Waals surface area (Å²) in [5.41, 5.74) is 0.865. The van der Waals surface area contributed by atoms with Crippen molar-refractivity contribution in [2.24, 2.45) is 0 Å². The molecule has 1 unspecified atom stereocenters. The summed E-state index contributed by atoms with van der Waals surface area (Å²) in [7, 11) is 1.45. The fourth-order valence-corrected chi connectivity index (χ4v) is 4.09. The first kappa shape index (κ1) is 22.3. The van der Waals surface area contributed by atoms with Gasteiger partial charge in [-0.25, -0.2) is 4.98 Å². The van der Waals surface area contributed by atoms with Crippen LogP contribution in [0, 0.1) is 6.08 Å². The van der Waals surface area contributed by atoms with Crippen LogP contribution >= 0.6 is 11.6 Å². The zero-order chi connectivity index (χ0) is 22.7. The van der Waals surface area contributed by atoms with Gasteiger partial charge in [-0.1, -0.05) is 23.7 Å². The van der Waals surface area contributed by atoms with Crippen molar-refractivity contribution in [3.8, 4) is 17.2 Å². The van der Waals surface area contributed by atoms with E-state index < -0.39 is 12.2 Å². The zero-order valence-corrected chi connectivity index (χ0v) is 18.3. The molecule has 32 heavy (non-hydrogen) atoms. The van der Waals surface area contributed by atoms with Gasteiger partial charge in [-0.3, -0.25) is 0 Å². The average Bonchev–Trinajstić information content (AvgIpc) is 3.26. The van der Waals surface area contributed by atoms with Gasteiger partial charge in [0.05, 0.1) is 29.4 Å². The summed E-state index contributed by atoms with van der Waals surface area (Å²) in [6, 6.07) is 8.09. The Morgan fingerprint density at radius 1 is 1.25 bits per heavy atom. The number of aliphatic hydroxyl groups excluding tert-OH is 1. The normalized spacial score (nSPS) is 15.1. The lowest BCUT2D eigenvalue weighted by atomic mass is 10.1. The van der Waals surface area contributed by atoms with Crippen molar-refractivity contribution in [2.45, 2.75) is 18.9 Å². The fraction of sp³-hybridized carbons (Fsp3) is 0.364. The number of β-amino-alcohol motifs (C(OH)–C–C–N with tert-alkyl or cyclic N) is 1. The van der Waals surface area contributed by atoms with E-state index in [1.807, 2.05) is 0 Å². The summed E-state index contributed by atoms with van der Waals surface area (Å²) >= 11 is 6.24. The number of nitrogens with one attached hydrogen (secondary N) is 1. The molecular weight excluding hydrogens is 439 g/mol. The van der Waals surface area contributed by atoms with Gasteiger partial charge in [-0.15, -0.1) is 0 Å². The van der Waals surface area contributed by atoms with Crippen molar-refractivity contribution in [3.63, 3.8) is 0 Å². The van der Waals surface area contributed by atoms with Gasteiger partial charge in [-0.2, -0.15) is 9.37 Å². The average molecular weight is 463 g/mol. The van der Waals surface area contributed by atoms with Gasteiger partial charge in [0.15, 0.2) is 11.5 Å². The Kier molecular flexibility index (Phi) is 6.78. The van der Waals surface area contributed by atoms with Gasteiger partial charge >= 0.3 is 6.08 Å². The molecular formula is C22H24ClFN4O4. The highest BCUT2D eigenvalue weighted by Gasteiger charge is 2.23. The monoisotopic (exact) mass is 462 g/mol. The summed E-state index contributed by atoms with van der Waals surface area (Å²) in [5, 5.41) is 23.9. The van der Waals surface area contributed by atoms with Crippen LogP contribution in [0.2, 0.25) is 5.15 Å². The standard InChI is InChI=1S/C22H24ClFN4O4/c1-31-20-17(32-12-13(29)11-28-8-4-5-9-28)10-15-18(21(23)27-22(24)26-15)19(20)25-14-6-2-3-7-16(14)30/h2-3,6-7,10,13,25,29-30H,4-5,8-9,11-12H2,1H3. The van der Waals surface area contributed by atoms with Crippen LogP contribution < -0.4 is 14.8 Å². The maximum Gasteiger partial charge on any atom is 0.310 e. The Bertz CT molecular complexity index is 1110. The van der Waals surface area contributed by atoms with E-state index in [1.165, 1.54) is 19.2 Å². The van der Waals surface area contributed by atoms with Gasteiger partial charge in [0.2, 0.25) is 0 Å². The summed E-state index contributed by atoms with van der Waals surface area (Å²) in [6.45, 7) is 2.43. The number of aliphatic hydroxyl groups is 1. The number of aromatic hydroxyl groups is 1. The second-order valence-electron chi connectivity index (χ2n) is 7.58.